The lowest BCUT2D eigenvalue weighted by Crippen LogP contribution is -2.42. The van der Waals surface area contributed by atoms with Crippen molar-refractivity contribution >= 4 is 15.9 Å². The Morgan fingerprint density at radius 1 is 1.56 bits per heavy atom. The molecule has 1 aliphatic heterocycles. The third-order valence-corrected chi connectivity index (χ3v) is 3.90. The van der Waals surface area contributed by atoms with Gasteiger partial charge in [-0.2, -0.15) is 0 Å². The molecule has 1 heterocycles. The molecule has 0 radical (unpaired) electrons. The molecule has 0 aliphatic carbocycles. The molecule has 3 nitrogen and oxygen atoms in total. The van der Waals surface area contributed by atoms with Crippen molar-refractivity contribution in [2.24, 2.45) is 0 Å². The van der Waals surface area contributed by atoms with Crippen LogP contribution in [0.2, 0.25) is 0 Å². The molecule has 1 aliphatic rings. The van der Waals surface area contributed by atoms with Gasteiger partial charge in [0.25, 0.3) is 0 Å². The molecule has 1 aromatic carbocycles. The van der Waals surface area contributed by atoms with Crippen LogP contribution in [0.3, 0.4) is 0 Å². The highest BCUT2D eigenvalue weighted by Crippen LogP contribution is 2.22. The van der Waals surface area contributed by atoms with Crippen molar-refractivity contribution in [3.8, 4) is 0 Å². The number of hydrogen-bond acceptors (Lipinski definition) is 3. The predicted octanol–water partition coefficient (Wildman–Crippen LogP) is 2.48. The van der Waals surface area contributed by atoms with Crippen LogP contribution in [0.1, 0.15) is 12.0 Å². The zero-order chi connectivity index (χ0) is 13.0. The molecule has 100 valence electrons. The molecule has 0 aromatic heterocycles. The number of benzene rings is 1. The molecule has 0 amide bonds. The first-order valence-electron chi connectivity index (χ1n) is 5.93. The van der Waals surface area contributed by atoms with Crippen molar-refractivity contribution < 1.29 is 13.9 Å². The van der Waals surface area contributed by atoms with Gasteiger partial charge in [-0.25, -0.2) is 4.39 Å². The van der Waals surface area contributed by atoms with E-state index in [-0.39, 0.29) is 11.4 Å². The molecule has 18 heavy (non-hydrogen) atoms. The summed E-state index contributed by atoms with van der Waals surface area (Å²) in [6.07, 6.45) is 0.894. The van der Waals surface area contributed by atoms with Crippen molar-refractivity contribution in [3.63, 3.8) is 0 Å². The average molecular weight is 318 g/mol. The van der Waals surface area contributed by atoms with Crippen LogP contribution in [0.4, 0.5) is 4.39 Å². The van der Waals surface area contributed by atoms with Gasteiger partial charge in [-0.05, 0) is 33.6 Å². The fraction of sp³-hybridized carbons (Fsp3) is 0.538. The Balaban J connectivity index is 1.86. The smallest absolute Gasteiger partial charge is 0.137 e. The molecule has 1 unspecified atom stereocenters. The van der Waals surface area contributed by atoms with Gasteiger partial charge in [0.1, 0.15) is 11.4 Å². The van der Waals surface area contributed by atoms with Gasteiger partial charge in [-0.1, -0.05) is 6.07 Å². The van der Waals surface area contributed by atoms with Crippen LogP contribution in [0.15, 0.2) is 22.7 Å². The minimum Gasteiger partial charge on any atom is -0.378 e. The fourth-order valence-corrected chi connectivity index (χ4v) is 2.29. The lowest BCUT2D eigenvalue weighted by molar-refractivity contribution is -0.0159. The number of ether oxygens (including phenoxy) is 2. The largest absolute Gasteiger partial charge is 0.378 e. The molecule has 5 heteroatoms. The van der Waals surface area contributed by atoms with E-state index >= 15 is 0 Å². The SMILES string of the molecule is COC1(CNCc2ccc(Br)c(F)c2)CCOC1. The lowest BCUT2D eigenvalue weighted by atomic mass is 10.0. The van der Waals surface area contributed by atoms with E-state index in [1.807, 2.05) is 6.07 Å². The molecule has 1 atom stereocenters. The summed E-state index contributed by atoms with van der Waals surface area (Å²) in [5, 5.41) is 3.30. The minimum atomic E-state index is -0.236. The quantitative estimate of drug-likeness (QED) is 0.905. The van der Waals surface area contributed by atoms with Crippen LogP contribution < -0.4 is 5.32 Å². The number of rotatable bonds is 5. The van der Waals surface area contributed by atoms with E-state index in [9.17, 15) is 4.39 Å². The Bertz CT molecular complexity index is 408. The molecule has 0 saturated carbocycles. The summed E-state index contributed by atoms with van der Waals surface area (Å²) in [6, 6.07) is 5.14. The topological polar surface area (TPSA) is 30.5 Å². The molecule has 1 N–H and O–H groups in total. The zero-order valence-electron chi connectivity index (χ0n) is 10.3. The molecule has 2 rings (SSSR count). The van der Waals surface area contributed by atoms with E-state index in [4.69, 9.17) is 9.47 Å². The Morgan fingerprint density at radius 3 is 3.00 bits per heavy atom. The van der Waals surface area contributed by atoms with Gasteiger partial charge in [-0.3, -0.25) is 0 Å². The highest BCUT2D eigenvalue weighted by Gasteiger charge is 2.34. The van der Waals surface area contributed by atoms with Gasteiger partial charge in [0, 0.05) is 33.2 Å². The highest BCUT2D eigenvalue weighted by molar-refractivity contribution is 9.10. The maximum atomic E-state index is 13.3. The zero-order valence-corrected chi connectivity index (χ0v) is 11.9. The summed E-state index contributed by atoms with van der Waals surface area (Å²) in [5.41, 5.74) is 0.689. The Labute approximate surface area is 115 Å². The summed E-state index contributed by atoms with van der Waals surface area (Å²) >= 11 is 3.14. The second-order valence-corrected chi connectivity index (χ2v) is 5.40. The number of methoxy groups -OCH3 is 1. The normalized spacial score (nSPS) is 23.5. The van der Waals surface area contributed by atoms with Crippen molar-refractivity contribution in [1.29, 1.82) is 0 Å². The molecule has 0 spiro atoms. The van der Waals surface area contributed by atoms with Crippen LogP contribution >= 0.6 is 15.9 Å². The number of hydrogen-bond donors (Lipinski definition) is 1. The van der Waals surface area contributed by atoms with Crippen LogP contribution in [-0.2, 0) is 16.0 Å². The first-order chi connectivity index (χ1) is 8.65. The van der Waals surface area contributed by atoms with Gasteiger partial charge in [0.05, 0.1) is 11.1 Å². The Hall–Kier alpha value is -0.490. The fourth-order valence-electron chi connectivity index (χ4n) is 2.05. The molecule has 1 saturated heterocycles. The molecular formula is C13H17BrFNO2. The first kappa shape index (κ1) is 13.9. The molecule has 0 bridgehead atoms. The van der Waals surface area contributed by atoms with E-state index < -0.39 is 0 Å². The van der Waals surface area contributed by atoms with Crippen molar-refractivity contribution in [2.45, 2.75) is 18.6 Å². The molecule has 1 aromatic rings. The summed E-state index contributed by atoms with van der Waals surface area (Å²) in [4.78, 5) is 0. The third-order valence-electron chi connectivity index (χ3n) is 3.26. The van der Waals surface area contributed by atoms with E-state index in [1.165, 1.54) is 6.07 Å². The Kier molecular flexibility index (Phi) is 4.72. The van der Waals surface area contributed by atoms with Gasteiger partial charge in [0.2, 0.25) is 0 Å². The Morgan fingerprint density at radius 2 is 2.39 bits per heavy atom. The van der Waals surface area contributed by atoms with E-state index in [0.717, 1.165) is 18.6 Å². The second-order valence-electron chi connectivity index (χ2n) is 4.54. The molecule has 1 fully saturated rings. The molecular weight excluding hydrogens is 301 g/mol. The monoisotopic (exact) mass is 317 g/mol. The first-order valence-corrected chi connectivity index (χ1v) is 6.72. The van der Waals surface area contributed by atoms with Crippen LogP contribution in [-0.4, -0.2) is 32.5 Å². The summed E-state index contributed by atoms with van der Waals surface area (Å²) < 4.78 is 24.7. The van der Waals surface area contributed by atoms with Crippen molar-refractivity contribution in [1.82, 2.24) is 5.32 Å². The summed E-state index contributed by atoms with van der Waals surface area (Å²) in [5.74, 6) is -0.236. The van der Waals surface area contributed by atoms with Crippen LogP contribution in [0, 0.1) is 5.82 Å². The van der Waals surface area contributed by atoms with Crippen molar-refractivity contribution in [2.75, 3.05) is 26.9 Å². The number of nitrogens with one attached hydrogen (secondary N) is 1. The minimum absolute atomic E-state index is 0.228. The van der Waals surface area contributed by atoms with Gasteiger partial charge >= 0.3 is 0 Å². The van der Waals surface area contributed by atoms with Gasteiger partial charge < -0.3 is 14.8 Å². The van der Waals surface area contributed by atoms with Crippen LogP contribution in [0.25, 0.3) is 0 Å². The highest BCUT2D eigenvalue weighted by atomic mass is 79.9. The van der Waals surface area contributed by atoms with Gasteiger partial charge in [-0.15, -0.1) is 0 Å². The number of halogens is 2. The standard InChI is InChI=1S/C13H17BrFNO2/c1-17-13(4-5-18-9-13)8-16-7-10-2-3-11(14)12(15)6-10/h2-3,6,16H,4-5,7-9H2,1H3. The summed E-state index contributed by atoms with van der Waals surface area (Å²) in [6.45, 7) is 2.68. The average Bonchev–Trinajstić information content (AvgIpc) is 2.83. The summed E-state index contributed by atoms with van der Waals surface area (Å²) in [7, 11) is 1.70. The lowest BCUT2D eigenvalue weighted by Gasteiger charge is -2.26. The van der Waals surface area contributed by atoms with E-state index in [1.54, 1.807) is 13.2 Å². The van der Waals surface area contributed by atoms with Crippen LogP contribution in [0.5, 0.6) is 0 Å². The van der Waals surface area contributed by atoms with E-state index in [2.05, 4.69) is 21.2 Å². The maximum Gasteiger partial charge on any atom is 0.137 e. The second kappa shape index (κ2) is 6.10. The van der Waals surface area contributed by atoms with E-state index in [0.29, 0.717) is 24.2 Å². The third kappa shape index (κ3) is 3.29. The van der Waals surface area contributed by atoms with Gasteiger partial charge in [0.15, 0.2) is 0 Å². The maximum absolute atomic E-state index is 13.3. The van der Waals surface area contributed by atoms with Crippen molar-refractivity contribution in [3.05, 3.63) is 34.1 Å². The predicted molar refractivity (Wildman–Crippen MR) is 71.0 cm³/mol.